The topological polar surface area (TPSA) is 101 Å². The fraction of sp³-hybridized carbons (Fsp3) is 0.543. The molecule has 2 aliphatic rings. The third-order valence-corrected chi connectivity index (χ3v) is 8.62. The van der Waals surface area contributed by atoms with Crippen LogP contribution in [0.4, 0.5) is 5.69 Å². The number of carbonyl (C=O) groups excluding carboxylic acids is 1. The third-order valence-electron chi connectivity index (χ3n) is 8.36. The zero-order chi connectivity index (χ0) is 31.9. The van der Waals surface area contributed by atoms with Crippen molar-refractivity contribution in [1.29, 1.82) is 0 Å². The van der Waals surface area contributed by atoms with Crippen molar-refractivity contribution in [2.24, 2.45) is 15.9 Å². The number of ether oxygens (including phenoxy) is 2. The van der Waals surface area contributed by atoms with E-state index in [9.17, 15) is 9.59 Å². The van der Waals surface area contributed by atoms with Gasteiger partial charge in [-0.15, -0.1) is 11.6 Å². The number of nitrogens with zero attached hydrogens (tertiary/aromatic N) is 4. The van der Waals surface area contributed by atoms with Gasteiger partial charge in [-0.3, -0.25) is 14.2 Å². The van der Waals surface area contributed by atoms with Gasteiger partial charge >= 0.3 is 0 Å². The number of ketones is 1. The Balaban J connectivity index is 1.30. The minimum absolute atomic E-state index is 0.0186. The maximum Gasteiger partial charge on any atom is 0.276 e. The number of aromatic amines is 1. The molecule has 10 heteroatoms. The van der Waals surface area contributed by atoms with Crippen molar-refractivity contribution in [1.82, 2.24) is 9.55 Å². The fourth-order valence-corrected chi connectivity index (χ4v) is 5.97. The molecule has 1 saturated carbocycles. The van der Waals surface area contributed by atoms with Gasteiger partial charge < -0.3 is 19.4 Å². The number of anilines is 1. The van der Waals surface area contributed by atoms with Gasteiger partial charge in [0.25, 0.3) is 5.56 Å². The van der Waals surface area contributed by atoms with Crippen molar-refractivity contribution in [2.75, 3.05) is 51.3 Å². The number of carbonyl (C=O) groups is 1. The van der Waals surface area contributed by atoms with Gasteiger partial charge in [-0.2, -0.15) is 0 Å². The number of hydrogen-bond acceptors (Lipinski definition) is 7. The molecule has 0 saturated heterocycles. The number of aliphatic imine (C=N–C) groups is 2. The van der Waals surface area contributed by atoms with Crippen LogP contribution in [0.3, 0.4) is 0 Å². The van der Waals surface area contributed by atoms with Crippen molar-refractivity contribution >= 4 is 47.8 Å². The van der Waals surface area contributed by atoms with Crippen molar-refractivity contribution in [3.05, 3.63) is 62.8 Å². The molecule has 0 amide bonds. The normalized spacial score (nSPS) is 19.7. The Hall–Kier alpha value is -3.27. The summed E-state index contributed by atoms with van der Waals surface area (Å²) < 4.78 is 13.1. The van der Waals surface area contributed by atoms with Gasteiger partial charge in [-0.25, -0.2) is 9.98 Å². The molecule has 244 valence electrons. The van der Waals surface area contributed by atoms with E-state index in [1.807, 2.05) is 66.1 Å². The maximum absolute atomic E-state index is 13.7. The molecule has 0 bridgehead atoms. The zero-order valence-corrected chi connectivity index (χ0v) is 27.5. The summed E-state index contributed by atoms with van der Waals surface area (Å²) >= 11 is 5.69. The van der Waals surface area contributed by atoms with Gasteiger partial charge in [0.15, 0.2) is 0 Å². The number of imidazole rings is 1. The zero-order valence-electron chi connectivity index (χ0n) is 26.8. The second-order valence-corrected chi connectivity index (χ2v) is 12.3. The molecule has 0 atom stereocenters. The smallest absolute Gasteiger partial charge is 0.276 e. The van der Waals surface area contributed by atoms with Crippen LogP contribution in [0.5, 0.6) is 0 Å². The molecule has 45 heavy (non-hydrogen) atoms. The monoisotopic (exact) mass is 637 g/mol. The van der Waals surface area contributed by atoms with Crippen LogP contribution >= 0.6 is 11.6 Å². The second-order valence-electron chi connectivity index (χ2n) is 11.9. The summed E-state index contributed by atoms with van der Waals surface area (Å²) in [6.07, 6.45) is 17.6. The van der Waals surface area contributed by atoms with Crippen LogP contribution in [0.1, 0.15) is 75.8 Å². The Morgan fingerprint density at radius 2 is 1.69 bits per heavy atom. The average molecular weight is 638 g/mol. The summed E-state index contributed by atoms with van der Waals surface area (Å²) in [5.41, 5.74) is 3.44. The Labute approximate surface area is 271 Å². The van der Waals surface area contributed by atoms with E-state index in [0.717, 1.165) is 92.7 Å². The fourth-order valence-electron chi connectivity index (χ4n) is 5.78. The minimum atomic E-state index is -0.0536. The summed E-state index contributed by atoms with van der Waals surface area (Å²) in [5, 5.41) is 0.534. The number of hydrogen-bond donors (Lipinski definition) is 1. The molecule has 1 fully saturated rings. The minimum Gasteiger partial charge on any atom is -0.379 e. The maximum atomic E-state index is 13.7. The van der Waals surface area contributed by atoms with E-state index < -0.39 is 0 Å². The first-order valence-electron chi connectivity index (χ1n) is 16.3. The molecule has 0 spiro atoms. The van der Waals surface area contributed by atoms with E-state index in [1.54, 1.807) is 6.21 Å². The molecule has 1 N–H and O–H groups in total. The molecule has 1 aromatic carbocycles. The van der Waals surface area contributed by atoms with Crippen molar-refractivity contribution in [3.63, 3.8) is 0 Å². The Kier molecular flexibility index (Phi) is 14.3. The number of Topliss-reactive ketones (excluding diaryl/α,β-unsaturated/α-hetero) is 1. The van der Waals surface area contributed by atoms with Crippen LogP contribution in [0.2, 0.25) is 0 Å². The number of allylic oxidation sites excluding steroid dienone is 2. The standard InChI is InChI=1S/C35H48ClN5O4/c1-40(2)30-14-9-27(10-15-30)24-32-35(43)41(34(39-32)18-13-29-25-37-26-38-29)31-16-11-28(12-17-31)33(42)8-7-21-45-23-22-44-20-6-4-3-5-19-36/h9-10,13-15,18,24-26,28,31,39H,3-8,11-12,16-17,19-23H2,1-2H3/b29-13?,32-24-,34-18?. The SMILES string of the molecule is CN(C)c1ccc(/C=c2\[nH]c(=CC=C3C=NC=N3)n(C3CCC(C(=O)CCCOCCOCCCCCCCl)CC3)c2=O)cc1. The average Bonchev–Trinajstić information content (AvgIpc) is 3.68. The van der Waals surface area contributed by atoms with Gasteiger partial charge in [-0.05, 0) is 80.9 Å². The lowest BCUT2D eigenvalue weighted by Gasteiger charge is -2.28. The highest BCUT2D eigenvalue weighted by Gasteiger charge is 2.28. The Bertz CT molecular complexity index is 1470. The van der Waals surface area contributed by atoms with E-state index in [1.165, 1.54) is 6.34 Å². The van der Waals surface area contributed by atoms with Gasteiger partial charge in [0.1, 0.15) is 23.0 Å². The molecule has 0 radical (unpaired) electrons. The Morgan fingerprint density at radius 1 is 0.978 bits per heavy atom. The lowest BCUT2D eigenvalue weighted by atomic mass is 9.82. The van der Waals surface area contributed by atoms with Crippen LogP contribution in [-0.4, -0.2) is 74.3 Å². The van der Waals surface area contributed by atoms with Gasteiger partial charge in [0, 0.05) is 57.3 Å². The molecule has 2 heterocycles. The lowest BCUT2D eigenvalue weighted by molar-refractivity contribution is -0.124. The van der Waals surface area contributed by atoms with Crippen molar-refractivity contribution < 1.29 is 14.3 Å². The van der Waals surface area contributed by atoms with Crippen LogP contribution in [0.15, 0.2) is 50.8 Å². The van der Waals surface area contributed by atoms with Gasteiger partial charge in [-0.1, -0.05) is 25.0 Å². The number of H-pyrrole nitrogens is 1. The molecule has 1 aromatic heterocycles. The summed E-state index contributed by atoms with van der Waals surface area (Å²) in [6.45, 7) is 2.47. The summed E-state index contributed by atoms with van der Waals surface area (Å²) in [5.74, 6) is 1.07. The van der Waals surface area contributed by atoms with E-state index >= 15 is 0 Å². The molecule has 0 unspecified atom stereocenters. The number of alkyl halides is 1. The second kappa shape index (κ2) is 18.6. The number of unbranched alkanes of at least 4 members (excludes halogenated alkanes) is 3. The van der Waals surface area contributed by atoms with Crippen LogP contribution < -0.4 is 21.3 Å². The molecule has 9 nitrogen and oxygen atoms in total. The molecule has 1 aliphatic heterocycles. The number of aromatic nitrogens is 2. The first-order valence-corrected chi connectivity index (χ1v) is 16.8. The van der Waals surface area contributed by atoms with Crippen LogP contribution in [0, 0.1) is 5.92 Å². The molecular weight excluding hydrogens is 590 g/mol. The highest BCUT2D eigenvalue weighted by Crippen LogP contribution is 2.32. The predicted molar refractivity (Wildman–Crippen MR) is 184 cm³/mol. The van der Waals surface area contributed by atoms with E-state index in [-0.39, 0.29) is 17.5 Å². The number of halogens is 1. The van der Waals surface area contributed by atoms with Crippen molar-refractivity contribution in [3.8, 4) is 0 Å². The van der Waals surface area contributed by atoms with Gasteiger partial charge in [0.2, 0.25) is 0 Å². The molecular formula is C35H48ClN5O4. The van der Waals surface area contributed by atoms with Crippen LogP contribution in [-0.2, 0) is 14.3 Å². The quantitative estimate of drug-likeness (QED) is 0.188. The number of benzene rings is 1. The Morgan fingerprint density at radius 3 is 2.36 bits per heavy atom. The third kappa shape index (κ3) is 10.9. The largest absolute Gasteiger partial charge is 0.379 e. The number of nitrogens with one attached hydrogen (secondary N) is 1. The molecule has 4 rings (SSSR count). The van der Waals surface area contributed by atoms with Crippen molar-refractivity contribution in [2.45, 2.75) is 70.3 Å². The van der Waals surface area contributed by atoms with Crippen LogP contribution in [0.25, 0.3) is 12.2 Å². The van der Waals surface area contributed by atoms with E-state index in [2.05, 4.69) is 15.0 Å². The highest BCUT2D eigenvalue weighted by molar-refractivity contribution is 6.17. The summed E-state index contributed by atoms with van der Waals surface area (Å²) in [7, 11) is 4.00. The predicted octanol–water partition coefficient (Wildman–Crippen LogP) is 4.76. The first-order chi connectivity index (χ1) is 22.0. The first kappa shape index (κ1) is 34.6. The van der Waals surface area contributed by atoms with E-state index in [0.29, 0.717) is 37.4 Å². The highest BCUT2D eigenvalue weighted by atomic mass is 35.5. The number of rotatable bonds is 18. The summed E-state index contributed by atoms with van der Waals surface area (Å²) in [4.78, 5) is 40.3. The molecule has 2 aromatic rings. The summed E-state index contributed by atoms with van der Waals surface area (Å²) in [6, 6.07) is 8.12. The molecule has 1 aliphatic carbocycles. The van der Waals surface area contributed by atoms with Gasteiger partial charge in [0.05, 0.1) is 25.1 Å². The van der Waals surface area contributed by atoms with E-state index in [4.69, 9.17) is 21.1 Å². The lowest BCUT2D eigenvalue weighted by Crippen LogP contribution is -2.37.